The van der Waals surface area contributed by atoms with Crippen LogP contribution in [0.4, 0.5) is 5.69 Å². The molecule has 0 aliphatic rings. The van der Waals surface area contributed by atoms with Crippen molar-refractivity contribution in [2.24, 2.45) is 0 Å². The number of nitro benzene ring substituents is 1. The molecule has 1 aromatic carbocycles. The zero-order chi connectivity index (χ0) is 15.0. The molecule has 21 heavy (non-hydrogen) atoms. The minimum atomic E-state index is -0.511. The molecule has 7 nitrogen and oxygen atoms in total. The Hall–Kier alpha value is -2.61. The summed E-state index contributed by atoms with van der Waals surface area (Å²) in [7, 11) is 0. The Morgan fingerprint density at radius 1 is 1.29 bits per heavy atom. The van der Waals surface area contributed by atoms with Crippen LogP contribution in [-0.2, 0) is 0 Å². The van der Waals surface area contributed by atoms with Gasteiger partial charge in [-0.3, -0.25) is 14.9 Å². The van der Waals surface area contributed by atoms with Crippen LogP contribution >= 0.6 is 15.9 Å². The SMILES string of the molecule is O=C(c1ccc([N+](=O)[O-])cc1)c1c[nH]c2ncc(Br)nc12. The molecular formula is C13H7BrN4O3. The molecule has 0 unspecified atom stereocenters. The first-order valence-electron chi connectivity index (χ1n) is 5.85. The molecule has 3 rings (SSSR count). The van der Waals surface area contributed by atoms with Crippen LogP contribution < -0.4 is 0 Å². The first-order valence-corrected chi connectivity index (χ1v) is 6.64. The van der Waals surface area contributed by atoms with E-state index in [2.05, 4.69) is 30.9 Å². The number of rotatable bonds is 3. The van der Waals surface area contributed by atoms with Gasteiger partial charge in [-0.25, -0.2) is 9.97 Å². The molecule has 0 amide bonds. The van der Waals surface area contributed by atoms with Gasteiger partial charge < -0.3 is 4.98 Å². The number of nitrogens with zero attached hydrogens (tertiary/aromatic N) is 3. The number of H-pyrrole nitrogens is 1. The van der Waals surface area contributed by atoms with Gasteiger partial charge in [-0.2, -0.15) is 0 Å². The second kappa shape index (κ2) is 5.06. The predicted molar refractivity (Wildman–Crippen MR) is 78.1 cm³/mol. The summed E-state index contributed by atoms with van der Waals surface area (Å²) < 4.78 is 0.521. The standard InChI is InChI=1S/C13H7BrN4O3/c14-10-6-16-13-11(17-10)9(5-15-13)12(19)7-1-3-8(4-2-7)18(20)21/h1-6H,(H,15,16). The van der Waals surface area contributed by atoms with Crippen molar-refractivity contribution in [2.75, 3.05) is 0 Å². The highest BCUT2D eigenvalue weighted by molar-refractivity contribution is 9.10. The number of fused-ring (bicyclic) bond motifs is 1. The Morgan fingerprint density at radius 2 is 2.00 bits per heavy atom. The summed E-state index contributed by atoms with van der Waals surface area (Å²) in [5.74, 6) is -0.274. The van der Waals surface area contributed by atoms with Crippen LogP contribution in [0.2, 0.25) is 0 Å². The second-order valence-electron chi connectivity index (χ2n) is 4.23. The highest BCUT2D eigenvalue weighted by Gasteiger charge is 2.17. The predicted octanol–water partition coefficient (Wildman–Crippen LogP) is 2.86. The lowest BCUT2D eigenvalue weighted by Crippen LogP contribution is -2.01. The minimum Gasteiger partial charge on any atom is -0.344 e. The number of aromatic amines is 1. The van der Waals surface area contributed by atoms with Crippen molar-refractivity contribution >= 4 is 38.6 Å². The van der Waals surface area contributed by atoms with Crippen LogP contribution in [0.5, 0.6) is 0 Å². The number of ketones is 1. The zero-order valence-corrected chi connectivity index (χ0v) is 12.0. The quantitative estimate of drug-likeness (QED) is 0.446. The largest absolute Gasteiger partial charge is 0.344 e. The van der Waals surface area contributed by atoms with Gasteiger partial charge in [-0.1, -0.05) is 0 Å². The second-order valence-corrected chi connectivity index (χ2v) is 5.04. The van der Waals surface area contributed by atoms with Gasteiger partial charge >= 0.3 is 0 Å². The number of aromatic nitrogens is 3. The molecule has 0 aliphatic carbocycles. The number of hydrogen-bond acceptors (Lipinski definition) is 5. The van der Waals surface area contributed by atoms with Gasteiger partial charge in [0.15, 0.2) is 11.4 Å². The minimum absolute atomic E-state index is 0.0620. The molecule has 0 aliphatic heterocycles. The molecule has 1 N–H and O–H groups in total. The molecule has 0 saturated heterocycles. The lowest BCUT2D eigenvalue weighted by Gasteiger charge is -1.99. The van der Waals surface area contributed by atoms with Crippen LogP contribution in [0.3, 0.4) is 0 Å². The molecule has 104 valence electrons. The van der Waals surface area contributed by atoms with Crippen LogP contribution in [0.1, 0.15) is 15.9 Å². The summed E-state index contributed by atoms with van der Waals surface area (Å²) in [4.78, 5) is 33.7. The van der Waals surface area contributed by atoms with Crippen molar-refractivity contribution in [3.8, 4) is 0 Å². The van der Waals surface area contributed by atoms with E-state index < -0.39 is 4.92 Å². The van der Waals surface area contributed by atoms with E-state index in [1.165, 1.54) is 36.7 Å². The Bertz CT molecular complexity index is 857. The molecule has 0 bridgehead atoms. The number of hydrogen-bond donors (Lipinski definition) is 1. The van der Waals surface area contributed by atoms with E-state index in [9.17, 15) is 14.9 Å². The Labute approximate surface area is 126 Å². The number of halogens is 1. The van der Waals surface area contributed by atoms with E-state index >= 15 is 0 Å². The monoisotopic (exact) mass is 346 g/mol. The third-order valence-electron chi connectivity index (χ3n) is 2.94. The summed E-state index contributed by atoms with van der Waals surface area (Å²) in [5, 5.41) is 10.6. The fourth-order valence-corrected chi connectivity index (χ4v) is 2.21. The molecule has 0 fully saturated rings. The van der Waals surface area contributed by atoms with Crippen LogP contribution in [0.25, 0.3) is 11.2 Å². The lowest BCUT2D eigenvalue weighted by atomic mass is 10.1. The van der Waals surface area contributed by atoms with E-state index in [4.69, 9.17) is 0 Å². The summed E-state index contributed by atoms with van der Waals surface area (Å²) in [5.41, 5.74) is 1.61. The third-order valence-corrected chi connectivity index (χ3v) is 3.32. The Balaban J connectivity index is 2.04. The smallest absolute Gasteiger partial charge is 0.269 e. The molecule has 8 heteroatoms. The third kappa shape index (κ3) is 2.40. The highest BCUT2D eigenvalue weighted by atomic mass is 79.9. The van der Waals surface area contributed by atoms with E-state index in [1.807, 2.05) is 0 Å². The van der Waals surface area contributed by atoms with Crippen molar-refractivity contribution in [3.63, 3.8) is 0 Å². The molecule has 0 spiro atoms. The molecule has 0 radical (unpaired) electrons. The van der Waals surface area contributed by atoms with E-state index in [0.29, 0.717) is 26.9 Å². The molecule has 2 heterocycles. The number of carbonyl (C=O) groups excluding carboxylic acids is 1. The van der Waals surface area contributed by atoms with Gasteiger partial charge in [0.1, 0.15) is 10.1 Å². The van der Waals surface area contributed by atoms with Crippen molar-refractivity contribution < 1.29 is 9.72 Å². The van der Waals surface area contributed by atoms with Crippen molar-refractivity contribution in [1.82, 2.24) is 15.0 Å². The summed E-state index contributed by atoms with van der Waals surface area (Å²) in [6, 6.07) is 5.43. The van der Waals surface area contributed by atoms with Gasteiger partial charge in [0.2, 0.25) is 0 Å². The first-order chi connectivity index (χ1) is 10.1. The molecule has 3 aromatic rings. The maximum atomic E-state index is 12.4. The van der Waals surface area contributed by atoms with Crippen LogP contribution in [0, 0.1) is 10.1 Å². The topological polar surface area (TPSA) is 102 Å². The first kappa shape index (κ1) is 13.4. The molecule has 2 aromatic heterocycles. The van der Waals surface area contributed by atoms with Gasteiger partial charge in [-0.05, 0) is 28.1 Å². The van der Waals surface area contributed by atoms with Crippen molar-refractivity contribution in [3.05, 3.63) is 62.5 Å². The van der Waals surface area contributed by atoms with Crippen molar-refractivity contribution in [1.29, 1.82) is 0 Å². The summed E-state index contributed by atoms with van der Waals surface area (Å²) in [6.07, 6.45) is 3.06. The van der Waals surface area contributed by atoms with Gasteiger partial charge in [-0.15, -0.1) is 0 Å². The normalized spacial score (nSPS) is 10.7. The zero-order valence-electron chi connectivity index (χ0n) is 10.4. The van der Waals surface area contributed by atoms with Crippen molar-refractivity contribution in [2.45, 2.75) is 0 Å². The fourth-order valence-electron chi connectivity index (χ4n) is 1.93. The maximum absolute atomic E-state index is 12.4. The Kier molecular flexibility index (Phi) is 3.22. The number of nitro groups is 1. The average molecular weight is 347 g/mol. The van der Waals surface area contributed by atoms with E-state index in [1.54, 1.807) is 0 Å². The number of nitrogens with one attached hydrogen (secondary N) is 1. The van der Waals surface area contributed by atoms with Crippen LogP contribution in [0.15, 0.2) is 41.3 Å². The van der Waals surface area contributed by atoms with Gasteiger partial charge in [0.25, 0.3) is 5.69 Å². The highest BCUT2D eigenvalue weighted by Crippen LogP contribution is 2.21. The van der Waals surface area contributed by atoms with E-state index in [-0.39, 0.29) is 11.5 Å². The Morgan fingerprint density at radius 3 is 2.67 bits per heavy atom. The number of benzene rings is 1. The molecular weight excluding hydrogens is 340 g/mol. The molecule has 0 saturated carbocycles. The summed E-state index contributed by atoms with van der Waals surface area (Å²) in [6.45, 7) is 0. The number of non-ortho nitro benzene ring substituents is 1. The van der Waals surface area contributed by atoms with E-state index in [0.717, 1.165) is 0 Å². The lowest BCUT2D eigenvalue weighted by molar-refractivity contribution is -0.384. The average Bonchev–Trinajstić information content (AvgIpc) is 2.89. The van der Waals surface area contributed by atoms with Gasteiger partial charge in [0, 0.05) is 23.9 Å². The fraction of sp³-hybridized carbons (Fsp3) is 0. The van der Waals surface area contributed by atoms with Crippen LogP contribution in [-0.4, -0.2) is 25.7 Å². The maximum Gasteiger partial charge on any atom is 0.269 e. The summed E-state index contributed by atoms with van der Waals surface area (Å²) >= 11 is 3.21. The number of carbonyl (C=O) groups is 1. The van der Waals surface area contributed by atoms with Gasteiger partial charge in [0.05, 0.1) is 16.7 Å². The molecule has 0 atom stereocenters.